The molecule has 3 heterocycles. The van der Waals surface area contributed by atoms with E-state index in [0.717, 1.165) is 22.9 Å². The molecule has 0 radical (unpaired) electrons. The van der Waals surface area contributed by atoms with Crippen LogP contribution in [-0.4, -0.2) is 54.1 Å². The Labute approximate surface area is 177 Å². The van der Waals surface area contributed by atoms with Crippen LogP contribution in [0, 0.1) is 0 Å². The first-order chi connectivity index (χ1) is 13.9. The van der Waals surface area contributed by atoms with Crippen LogP contribution in [0.15, 0.2) is 33.8 Å². The van der Waals surface area contributed by atoms with Gasteiger partial charge >= 0.3 is 6.18 Å². The summed E-state index contributed by atoms with van der Waals surface area (Å²) in [5, 5.41) is 0. The van der Waals surface area contributed by atoms with Gasteiger partial charge in [0.2, 0.25) is 0 Å². The summed E-state index contributed by atoms with van der Waals surface area (Å²) in [6, 6.07) is 2.74. The summed E-state index contributed by atoms with van der Waals surface area (Å²) in [5.41, 5.74) is 0.556. The fourth-order valence-electron chi connectivity index (χ4n) is 2.64. The van der Waals surface area contributed by atoms with Crippen molar-refractivity contribution in [3.8, 4) is 11.5 Å². The average Bonchev–Trinajstić information content (AvgIpc) is 2.97. The molecular weight excluding hydrogens is 437 g/mol. The third-order valence-corrected chi connectivity index (χ3v) is 7.15. The van der Waals surface area contributed by atoms with Crippen molar-refractivity contribution in [1.29, 1.82) is 0 Å². The first-order valence-electron chi connectivity index (χ1n) is 8.86. The zero-order valence-corrected chi connectivity index (χ0v) is 18.7. The first kappa shape index (κ1) is 22.5. The van der Waals surface area contributed by atoms with Gasteiger partial charge in [-0.05, 0) is 17.9 Å². The third-order valence-electron chi connectivity index (χ3n) is 4.34. The van der Waals surface area contributed by atoms with Crippen molar-refractivity contribution in [2.45, 2.75) is 18.0 Å². The van der Waals surface area contributed by atoms with Crippen LogP contribution >= 0.6 is 11.8 Å². The smallest absolute Gasteiger partial charge is 0.310 e. The van der Waals surface area contributed by atoms with Crippen molar-refractivity contribution in [2.24, 2.45) is 11.4 Å². The van der Waals surface area contributed by atoms with E-state index in [2.05, 4.69) is 19.3 Å². The van der Waals surface area contributed by atoms with Gasteiger partial charge in [0.15, 0.2) is 11.5 Å². The number of imidazole rings is 1. The second-order valence-corrected chi connectivity index (χ2v) is 10.4. The molecular formula is C18H21F3N6OS2. The molecule has 1 atom stereocenters. The Kier molecular flexibility index (Phi) is 6.12. The van der Waals surface area contributed by atoms with Crippen LogP contribution in [0.5, 0.6) is 0 Å². The predicted octanol–water partition coefficient (Wildman–Crippen LogP) is 4.37. The van der Waals surface area contributed by atoms with Gasteiger partial charge in [-0.3, -0.25) is 0 Å². The fourth-order valence-corrected chi connectivity index (χ4v) is 4.09. The molecule has 0 saturated carbocycles. The van der Waals surface area contributed by atoms with E-state index in [-0.39, 0.29) is 5.52 Å². The minimum absolute atomic E-state index is 0.134. The highest BCUT2D eigenvalue weighted by molar-refractivity contribution is 7.99. The first-order valence-corrected chi connectivity index (χ1v) is 11.7. The number of rotatable bonds is 5. The molecule has 0 saturated heterocycles. The SMILES string of the molecule is CCSc1cc(N=S(C)(=O)N(C)C)cnc1-c1nc2cc(C(F)(F)F)cnc2n1C. The zero-order valence-electron chi connectivity index (χ0n) is 17.1. The molecule has 0 N–H and O–H groups in total. The number of aromatic nitrogens is 4. The topological polar surface area (TPSA) is 76.3 Å². The molecule has 12 heteroatoms. The van der Waals surface area contributed by atoms with Crippen molar-refractivity contribution >= 4 is 38.5 Å². The van der Waals surface area contributed by atoms with Gasteiger partial charge < -0.3 is 4.57 Å². The maximum atomic E-state index is 13.0. The Hall–Kier alpha value is -2.18. The lowest BCUT2D eigenvalue weighted by atomic mass is 10.2. The highest BCUT2D eigenvalue weighted by Gasteiger charge is 2.32. The van der Waals surface area contributed by atoms with Gasteiger partial charge in [-0.1, -0.05) is 6.92 Å². The molecule has 0 amide bonds. The number of aryl methyl sites for hydroxylation is 1. The third kappa shape index (κ3) is 4.44. The molecule has 3 rings (SSSR count). The molecule has 0 aliphatic carbocycles. The molecule has 0 bridgehead atoms. The maximum absolute atomic E-state index is 13.0. The lowest BCUT2D eigenvalue weighted by Crippen LogP contribution is -2.19. The molecule has 0 aromatic carbocycles. The van der Waals surface area contributed by atoms with Crippen molar-refractivity contribution in [1.82, 2.24) is 23.8 Å². The lowest BCUT2D eigenvalue weighted by molar-refractivity contribution is -0.137. The average molecular weight is 459 g/mol. The van der Waals surface area contributed by atoms with E-state index in [4.69, 9.17) is 0 Å². The van der Waals surface area contributed by atoms with E-state index in [1.807, 2.05) is 6.92 Å². The molecule has 0 aliphatic heterocycles. The molecule has 30 heavy (non-hydrogen) atoms. The summed E-state index contributed by atoms with van der Waals surface area (Å²) in [5.74, 6) is 1.12. The van der Waals surface area contributed by atoms with Crippen molar-refractivity contribution in [3.63, 3.8) is 0 Å². The Morgan fingerprint density at radius 2 is 1.93 bits per heavy atom. The van der Waals surface area contributed by atoms with Gasteiger partial charge in [0, 0.05) is 38.5 Å². The second kappa shape index (κ2) is 8.16. The number of hydrogen-bond acceptors (Lipinski definition) is 6. The molecule has 0 aliphatic rings. The molecule has 162 valence electrons. The number of hydrogen-bond donors (Lipinski definition) is 0. The van der Waals surface area contributed by atoms with E-state index in [9.17, 15) is 17.4 Å². The summed E-state index contributed by atoms with van der Waals surface area (Å²) < 4.78 is 59.1. The minimum Gasteiger partial charge on any atom is -0.310 e. The molecule has 1 unspecified atom stereocenters. The summed E-state index contributed by atoms with van der Waals surface area (Å²) in [7, 11) is 2.45. The molecule has 0 spiro atoms. The minimum atomic E-state index is -4.50. The van der Waals surface area contributed by atoms with Crippen molar-refractivity contribution in [3.05, 3.63) is 30.1 Å². The summed E-state index contributed by atoms with van der Waals surface area (Å²) >= 11 is 1.49. The highest BCUT2D eigenvalue weighted by atomic mass is 32.2. The van der Waals surface area contributed by atoms with Crippen LogP contribution in [0.2, 0.25) is 0 Å². The quantitative estimate of drug-likeness (QED) is 0.531. The number of alkyl halides is 3. The number of halogens is 3. The molecule has 0 fully saturated rings. The highest BCUT2D eigenvalue weighted by Crippen LogP contribution is 2.35. The van der Waals surface area contributed by atoms with Crippen molar-refractivity contribution in [2.75, 3.05) is 26.1 Å². The second-order valence-electron chi connectivity index (χ2n) is 6.70. The van der Waals surface area contributed by atoms with Crippen LogP contribution in [-0.2, 0) is 23.1 Å². The number of pyridine rings is 2. The van der Waals surface area contributed by atoms with Crippen LogP contribution in [0.4, 0.5) is 18.9 Å². The van der Waals surface area contributed by atoms with E-state index in [1.54, 1.807) is 31.8 Å². The predicted molar refractivity (Wildman–Crippen MR) is 113 cm³/mol. The Morgan fingerprint density at radius 3 is 2.53 bits per heavy atom. The number of fused-ring (bicyclic) bond motifs is 1. The normalized spacial score (nSPS) is 14.3. The van der Waals surface area contributed by atoms with Crippen LogP contribution in [0.25, 0.3) is 22.7 Å². The van der Waals surface area contributed by atoms with E-state index in [0.29, 0.717) is 22.9 Å². The van der Waals surface area contributed by atoms with Gasteiger partial charge in [0.25, 0.3) is 0 Å². The molecule has 7 nitrogen and oxygen atoms in total. The number of thioether (sulfide) groups is 1. The van der Waals surface area contributed by atoms with Gasteiger partial charge in [-0.2, -0.15) is 17.5 Å². The Morgan fingerprint density at radius 1 is 1.23 bits per heavy atom. The Bertz CT molecular complexity index is 1210. The lowest BCUT2D eigenvalue weighted by Gasteiger charge is -2.13. The Balaban J connectivity index is 2.16. The molecule has 3 aromatic rings. The fraction of sp³-hybridized carbons (Fsp3) is 0.389. The maximum Gasteiger partial charge on any atom is 0.417 e. The molecule has 3 aromatic heterocycles. The standard InChI is InChI=1S/C18H21F3N6OS2/c1-6-29-14-8-12(25-30(5,28)26(2)3)10-22-15(14)17-24-13-7-11(18(19,20)21)9-23-16(13)27(17)4/h7-10H,6H2,1-5H3. The largest absolute Gasteiger partial charge is 0.417 e. The van der Waals surface area contributed by atoms with Gasteiger partial charge in [0.1, 0.15) is 21.1 Å². The monoisotopic (exact) mass is 458 g/mol. The van der Waals surface area contributed by atoms with E-state index < -0.39 is 21.7 Å². The van der Waals surface area contributed by atoms with Gasteiger partial charge in [-0.15, -0.1) is 11.8 Å². The van der Waals surface area contributed by atoms with Gasteiger partial charge in [-0.25, -0.2) is 23.5 Å². The number of nitrogens with zero attached hydrogens (tertiary/aromatic N) is 6. The van der Waals surface area contributed by atoms with E-state index >= 15 is 0 Å². The van der Waals surface area contributed by atoms with Crippen LogP contribution in [0.3, 0.4) is 0 Å². The van der Waals surface area contributed by atoms with Crippen molar-refractivity contribution < 1.29 is 17.4 Å². The van der Waals surface area contributed by atoms with E-state index in [1.165, 1.54) is 28.5 Å². The summed E-state index contributed by atoms with van der Waals surface area (Å²) in [6.07, 6.45) is -0.689. The summed E-state index contributed by atoms with van der Waals surface area (Å²) in [6.45, 7) is 1.97. The van der Waals surface area contributed by atoms with Crippen LogP contribution in [0.1, 0.15) is 12.5 Å². The van der Waals surface area contributed by atoms with Crippen LogP contribution < -0.4 is 0 Å². The van der Waals surface area contributed by atoms with Gasteiger partial charge in [0.05, 0.1) is 17.4 Å². The zero-order chi connectivity index (χ0) is 22.3. The summed E-state index contributed by atoms with van der Waals surface area (Å²) in [4.78, 5) is 13.5.